The first-order chi connectivity index (χ1) is 9.11. The van der Waals surface area contributed by atoms with E-state index < -0.39 is 15.8 Å². The fourth-order valence-corrected chi connectivity index (χ4v) is 4.24. The highest BCUT2D eigenvalue weighted by molar-refractivity contribution is 7.89. The lowest BCUT2D eigenvalue weighted by Crippen LogP contribution is -2.38. The largest absolute Gasteiger partial charge is 0.396 e. The maximum absolute atomic E-state index is 13.5. The second-order valence-corrected chi connectivity index (χ2v) is 7.07. The Morgan fingerprint density at radius 2 is 1.90 bits per heavy atom. The first kappa shape index (κ1) is 16.9. The molecular weight excluding hydrogens is 279 g/mol. The van der Waals surface area contributed by atoms with E-state index in [1.807, 2.05) is 20.8 Å². The number of halogens is 1. The van der Waals surface area contributed by atoms with Gasteiger partial charge in [-0.3, -0.25) is 0 Å². The van der Waals surface area contributed by atoms with Gasteiger partial charge >= 0.3 is 0 Å². The maximum Gasteiger partial charge on any atom is 0.241 e. The highest BCUT2D eigenvalue weighted by atomic mass is 32.2. The number of sulfonamides is 1. The Kier molecular flexibility index (Phi) is 5.15. The molecule has 4 nitrogen and oxygen atoms in total. The molecule has 0 fully saturated rings. The van der Waals surface area contributed by atoms with Gasteiger partial charge in [0.1, 0.15) is 5.82 Å². The third kappa shape index (κ3) is 3.30. The molecule has 0 heterocycles. The summed E-state index contributed by atoms with van der Waals surface area (Å²) in [5, 5.41) is 0. The Labute approximate surface area is 120 Å². The monoisotopic (exact) mass is 302 g/mol. The van der Waals surface area contributed by atoms with E-state index in [2.05, 4.69) is 4.72 Å². The van der Waals surface area contributed by atoms with Crippen molar-refractivity contribution < 1.29 is 12.8 Å². The lowest BCUT2D eigenvalue weighted by Gasteiger charge is -2.22. The van der Waals surface area contributed by atoms with Crippen LogP contribution in [0, 0.1) is 25.6 Å². The number of aryl methyl sites for hydroxylation is 1. The fraction of sp³-hybridized carbons (Fsp3) is 0.571. The van der Waals surface area contributed by atoms with Crippen LogP contribution >= 0.6 is 0 Å². The predicted octanol–water partition coefficient (Wildman–Crippen LogP) is 2.74. The Balaban J connectivity index is 3.33. The van der Waals surface area contributed by atoms with E-state index in [4.69, 9.17) is 5.73 Å². The van der Waals surface area contributed by atoms with Crippen LogP contribution in [0.2, 0.25) is 0 Å². The van der Waals surface area contributed by atoms with Crippen LogP contribution < -0.4 is 10.5 Å². The maximum atomic E-state index is 13.5. The van der Waals surface area contributed by atoms with E-state index in [-0.39, 0.29) is 28.1 Å². The standard InChI is InChI=1S/C14H23FN2O2S/c1-6-12(8(2)3)17-20(18,19)14-9(4)7-11(15)13(16)10(14)5/h7-8,12,17H,6,16H2,1-5H3. The van der Waals surface area contributed by atoms with Gasteiger partial charge in [0.15, 0.2) is 0 Å². The summed E-state index contributed by atoms with van der Waals surface area (Å²) >= 11 is 0. The number of hydrogen-bond acceptors (Lipinski definition) is 3. The molecule has 1 aromatic carbocycles. The Hall–Kier alpha value is -1.14. The van der Waals surface area contributed by atoms with Crippen molar-refractivity contribution in [2.24, 2.45) is 5.92 Å². The molecule has 3 N–H and O–H groups in total. The third-order valence-corrected chi connectivity index (χ3v) is 5.30. The van der Waals surface area contributed by atoms with Crippen molar-refractivity contribution in [2.75, 3.05) is 5.73 Å². The van der Waals surface area contributed by atoms with E-state index in [9.17, 15) is 12.8 Å². The van der Waals surface area contributed by atoms with Gasteiger partial charge in [0.25, 0.3) is 0 Å². The van der Waals surface area contributed by atoms with Crippen LogP contribution in [0.5, 0.6) is 0 Å². The van der Waals surface area contributed by atoms with Gasteiger partial charge in [-0.1, -0.05) is 20.8 Å². The van der Waals surface area contributed by atoms with Crippen LogP contribution in [0.15, 0.2) is 11.0 Å². The molecule has 1 rings (SSSR count). The molecule has 1 aromatic rings. The van der Waals surface area contributed by atoms with Gasteiger partial charge in [0.05, 0.1) is 10.6 Å². The molecule has 0 amide bonds. The average molecular weight is 302 g/mol. The zero-order valence-corrected chi connectivity index (χ0v) is 13.4. The SMILES string of the molecule is CCC(NS(=O)(=O)c1c(C)cc(F)c(N)c1C)C(C)C. The smallest absolute Gasteiger partial charge is 0.241 e. The molecule has 0 aliphatic rings. The van der Waals surface area contributed by atoms with Crippen LogP contribution in [0.1, 0.15) is 38.3 Å². The second-order valence-electron chi connectivity index (χ2n) is 5.42. The number of nitrogens with one attached hydrogen (secondary N) is 1. The summed E-state index contributed by atoms with van der Waals surface area (Å²) in [6.07, 6.45) is 0.686. The van der Waals surface area contributed by atoms with Crippen molar-refractivity contribution in [3.05, 3.63) is 23.0 Å². The minimum absolute atomic E-state index is 0.0792. The fourth-order valence-electron chi connectivity index (χ4n) is 2.29. The van der Waals surface area contributed by atoms with Gasteiger partial charge in [-0.05, 0) is 43.4 Å². The molecular formula is C14H23FN2O2S. The summed E-state index contributed by atoms with van der Waals surface area (Å²) in [5.41, 5.74) is 6.11. The van der Waals surface area contributed by atoms with Gasteiger partial charge in [0.2, 0.25) is 10.0 Å². The lowest BCUT2D eigenvalue weighted by atomic mass is 10.0. The zero-order valence-electron chi connectivity index (χ0n) is 12.6. The van der Waals surface area contributed by atoms with Crippen LogP contribution in [0.25, 0.3) is 0 Å². The van der Waals surface area contributed by atoms with Crippen molar-refractivity contribution in [3.8, 4) is 0 Å². The van der Waals surface area contributed by atoms with Crippen molar-refractivity contribution >= 4 is 15.7 Å². The van der Waals surface area contributed by atoms with Gasteiger partial charge < -0.3 is 5.73 Å². The van der Waals surface area contributed by atoms with Crippen LogP contribution in [-0.4, -0.2) is 14.5 Å². The van der Waals surface area contributed by atoms with Crippen LogP contribution in [0.3, 0.4) is 0 Å². The minimum atomic E-state index is -3.71. The predicted molar refractivity (Wildman–Crippen MR) is 79.5 cm³/mol. The molecule has 0 spiro atoms. The quantitative estimate of drug-likeness (QED) is 0.821. The number of rotatable bonds is 5. The van der Waals surface area contributed by atoms with Gasteiger partial charge in [-0.25, -0.2) is 17.5 Å². The Morgan fingerprint density at radius 1 is 1.35 bits per heavy atom. The molecule has 0 bridgehead atoms. The van der Waals surface area contributed by atoms with Gasteiger partial charge in [-0.2, -0.15) is 0 Å². The molecule has 0 aromatic heterocycles. The molecule has 1 atom stereocenters. The van der Waals surface area contributed by atoms with Crippen molar-refractivity contribution in [2.45, 2.75) is 52.0 Å². The number of hydrogen-bond donors (Lipinski definition) is 2. The molecule has 20 heavy (non-hydrogen) atoms. The van der Waals surface area contributed by atoms with E-state index in [1.165, 1.54) is 6.92 Å². The van der Waals surface area contributed by atoms with Crippen LogP contribution in [-0.2, 0) is 10.0 Å². The number of anilines is 1. The number of nitrogen functional groups attached to an aromatic ring is 1. The highest BCUT2D eigenvalue weighted by Gasteiger charge is 2.26. The summed E-state index contributed by atoms with van der Waals surface area (Å²) in [6.45, 7) is 8.92. The molecule has 0 saturated carbocycles. The van der Waals surface area contributed by atoms with Gasteiger partial charge in [-0.15, -0.1) is 0 Å². The molecule has 0 aliphatic carbocycles. The molecule has 1 unspecified atom stereocenters. The van der Waals surface area contributed by atoms with Crippen molar-refractivity contribution in [1.29, 1.82) is 0 Å². The Bertz CT molecular complexity index is 598. The zero-order chi connectivity index (χ0) is 15.7. The van der Waals surface area contributed by atoms with E-state index in [0.717, 1.165) is 6.07 Å². The van der Waals surface area contributed by atoms with Crippen LogP contribution in [0.4, 0.5) is 10.1 Å². The normalized spacial score (nSPS) is 13.8. The van der Waals surface area contributed by atoms with Crippen molar-refractivity contribution in [3.63, 3.8) is 0 Å². The molecule has 6 heteroatoms. The summed E-state index contributed by atoms with van der Waals surface area (Å²) < 4.78 is 41.3. The molecule has 0 aliphatic heterocycles. The summed E-state index contributed by atoms with van der Waals surface area (Å²) in [7, 11) is -3.71. The first-order valence-electron chi connectivity index (χ1n) is 6.69. The third-order valence-electron chi connectivity index (χ3n) is 3.52. The molecule has 0 saturated heterocycles. The summed E-state index contributed by atoms with van der Waals surface area (Å²) in [6, 6.07) is 0.998. The highest BCUT2D eigenvalue weighted by Crippen LogP contribution is 2.28. The van der Waals surface area contributed by atoms with E-state index >= 15 is 0 Å². The second kappa shape index (κ2) is 6.10. The lowest BCUT2D eigenvalue weighted by molar-refractivity contribution is 0.437. The van der Waals surface area contributed by atoms with E-state index in [0.29, 0.717) is 12.0 Å². The summed E-state index contributed by atoms with van der Waals surface area (Å²) in [5.74, 6) is -0.414. The molecule has 0 radical (unpaired) electrons. The average Bonchev–Trinajstić information content (AvgIpc) is 2.32. The van der Waals surface area contributed by atoms with Gasteiger partial charge in [0, 0.05) is 6.04 Å². The number of benzene rings is 1. The van der Waals surface area contributed by atoms with E-state index in [1.54, 1.807) is 6.92 Å². The minimum Gasteiger partial charge on any atom is -0.396 e. The number of nitrogens with two attached hydrogens (primary N) is 1. The summed E-state index contributed by atoms with van der Waals surface area (Å²) in [4.78, 5) is 0.0792. The Morgan fingerprint density at radius 3 is 2.35 bits per heavy atom. The first-order valence-corrected chi connectivity index (χ1v) is 8.17. The molecule has 114 valence electrons. The van der Waals surface area contributed by atoms with Crippen molar-refractivity contribution in [1.82, 2.24) is 4.72 Å². The topological polar surface area (TPSA) is 72.2 Å².